The van der Waals surface area contributed by atoms with Crippen LogP contribution < -0.4 is 0 Å². The van der Waals surface area contributed by atoms with Gasteiger partial charge in [-0.1, -0.05) is 78.9 Å². The number of rotatable bonds is 2. The van der Waals surface area contributed by atoms with Crippen LogP contribution in [0.3, 0.4) is 0 Å². The van der Waals surface area contributed by atoms with Crippen molar-refractivity contribution in [2.24, 2.45) is 7.05 Å². The zero-order valence-corrected chi connectivity index (χ0v) is 18.4. The third-order valence-electron chi connectivity index (χ3n) is 6.92. The molecule has 0 aliphatic carbocycles. The van der Waals surface area contributed by atoms with Crippen LogP contribution in [0.1, 0.15) is 0 Å². The zero-order valence-electron chi connectivity index (χ0n) is 18.4. The van der Waals surface area contributed by atoms with Gasteiger partial charge in [0.05, 0.1) is 16.6 Å². The van der Waals surface area contributed by atoms with Gasteiger partial charge in [-0.3, -0.25) is 0 Å². The number of hydrogen-bond acceptors (Lipinski definition) is 0. The smallest absolute Gasteiger partial charge is 0.0641 e. The first-order chi connectivity index (χ1) is 16.3. The van der Waals surface area contributed by atoms with E-state index in [9.17, 15) is 0 Å². The Kier molecular flexibility index (Phi) is 3.80. The molecular formula is C31H22N2. The van der Waals surface area contributed by atoms with Crippen LogP contribution >= 0.6 is 0 Å². The molecule has 0 N–H and O–H groups in total. The molecule has 2 heteroatoms. The molecule has 0 radical (unpaired) electrons. The van der Waals surface area contributed by atoms with E-state index in [0.29, 0.717) is 0 Å². The zero-order chi connectivity index (χ0) is 21.9. The summed E-state index contributed by atoms with van der Waals surface area (Å²) in [5.74, 6) is 0. The largest absolute Gasteiger partial charge is 0.344 e. The van der Waals surface area contributed by atoms with Gasteiger partial charge in [-0.25, -0.2) is 0 Å². The first-order valence-electron chi connectivity index (χ1n) is 11.4. The summed E-state index contributed by atoms with van der Waals surface area (Å²) in [5.41, 5.74) is 8.69. The fourth-order valence-corrected chi connectivity index (χ4v) is 5.41. The quantitative estimate of drug-likeness (QED) is 0.266. The van der Waals surface area contributed by atoms with E-state index in [1.807, 2.05) is 0 Å². The predicted octanol–water partition coefficient (Wildman–Crippen LogP) is 8.10. The molecule has 7 rings (SSSR count). The van der Waals surface area contributed by atoms with Gasteiger partial charge in [-0.05, 0) is 47.5 Å². The Morgan fingerprint density at radius 3 is 2.00 bits per heavy atom. The van der Waals surface area contributed by atoms with Crippen LogP contribution in [0.15, 0.2) is 115 Å². The van der Waals surface area contributed by atoms with Crippen molar-refractivity contribution in [3.8, 4) is 16.8 Å². The number of para-hydroxylation sites is 2. The average molecular weight is 423 g/mol. The summed E-state index contributed by atoms with van der Waals surface area (Å²) in [6, 6.07) is 41.5. The van der Waals surface area contributed by atoms with E-state index < -0.39 is 0 Å². The molecule has 0 unspecified atom stereocenters. The second-order valence-electron chi connectivity index (χ2n) is 8.70. The lowest BCUT2D eigenvalue weighted by molar-refractivity contribution is 1.01. The summed E-state index contributed by atoms with van der Waals surface area (Å²) in [6.45, 7) is 0. The molecule has 0 fully saturated rings. The van der Waals surface area contributed by atoms with Crippen molar-refractivity contribution in [3.05, 3.63) is 115 Å². The fraction of sp³-hybridized carbons (Fsp3) is 0.0323. The molecule has 0 saturated carbocycles. The van der Waals surface area contributed by atoms with Gasteiger partial charge in [0, 0.05) is 39.8 Å². The number of fused-ring (bicyclic) bond motifs is 7. The number of aryl methyl sites for hydroxylation is 1. The highest BCUT2D eigenvalue weighted by Crippen LogP contribution is 2.41. The van der Waals surface area contributed by atoms with E-state index in [4.69, 9.17) is 0 Å². The maximum absolute atomic E-state index is 2.43. The Morgan fingerprint density at radius 1 is 0.485 bits per heavy atom. The number of aromatic nitrogens is 2. The Hall–Kier alpha value is -4.30. The SMILES string of the molecule is Cn1c2ccc(-c3ccccc3)cc2c2c1ccc1c3ccccc3n(-c3ccccc3)c12. The van der Waals surface area contributed by atoms with E-state index in [-0.39, 0.29) is 0 Å². The molecule has 0 bridgehead atoms. The molecule has 33 heavy (non-hydrogen) atoms. The second kappa shape index (κ2) is 6.85. The molecule has 0 aliphatic heterocycles. The molecule has 156 valence electrons. The molecule has 0 spiro atoms. The minimum atomic E-state index is 1.19. The number of benzene rings is 5. The van der Waals surface area contributed by atoms with Crippen LogP contribution in [0.4, 0.5) is 0 Å². The van der Waals surface area contributed by atoms with Crippen LogP contribution in [0.2, 0.25) is 0 Å². The summed E-state index contributed by atoms with van der Waals surface area (Å²) >= 11 is 0. The van der Waals surface area contributed by atoms with Gasteiger partial charge >= 0.3 is 0 Å². The minimum Gasteiger partial charge on any atom is -0.344 e. The molecule has 0 saturated heterocycles. The van der Waals surface area contributed by atoms with E-state index in [2.05, 4.69) is 131 Å². The maximum Gasteiger partial charge on any atom is 0.0641 e. The van der Waals surface area contributed by atoms with Crippen LogP contribution in [-0.2, 0) is 7.05 Å². The highest BCUT2D eigenvalue weighted by Gasteiger charge is 2.19. The molecule has 5 aromatic carbocycles. The molecule has 0 atom stereocenters. The van der Waals surface area contributed by atoms with Crippen LogP contribution in [0, 0.1) is 0 Å². The Labute approximate surface area is 191 Å². The van der Waals surface area contributed by atoms with Gasteiger partial charge in [0.25, 0.3) is 0 Å². The lowest BCUT2D eigenvalue weighted by Gasteiger charge is -2.09. The second-order valence-corrected chi connectivity index (χ2v) is 8.70. The van der Waals surface area contributed by atoms with Crippen molar-refractivity contribution in [2.45, 2.75) is 0 Å². The van der Waals surface area contributed by atoms with E-state index in [0.717, 1.165) is 0 Å². The highest BCUT2D eigenvalue weighted by atomic mass is 15.0. The Bertz CT molecular complexity index is 1800. The molecule has 2 nitrogen and oxygen atoms in total. The summed E-state index contributed by atoms with van der Waals surface area (Å²) in [7, 11) is 2.17. The fourth-order valence-electron chi connectivity index (χ4n) is 5.41. The van der Waals surface area contributed by atoms with E-state index in [1.165, 1.54) is 60.4 Å². The summed E-state index contributed by atoms with van der Waals surface area (Å²) < 4.78 is 4.76. The van der Waals surface area contributed by atoms with Crippen molar-refractivity contribution < 1.29 is 0 Å². The molecule has 2 heterocycles. The Balaban J connectivity index is 1.71. The molecule has 2 aromatic heterocycles. The van der Waals surface area contributed by atoms with Gasteiger partial charge in [0.15, 0.2) is 0 Å². The van der Waals surface area contributed by atoms with Crippen molar-refractivity contribution in [1.82, 2.24) is 9.13 Å². The lowest BCUT2D eigenvalue weighted by atomic mass is 10.0. The molecule has 0 amide bonds. The van der Waals surface area contributed by atoms with Gasteiger partial charge in [0.2, 0.25) is 0 Å². The average Bonchev–Trinajstić information content (AvgIpc) is 3.37. The molecule has 7 aromatic rings. The van der Waals surface area contributed by atoms with Gasteiger partial charge in [-0.2, -0.15) is 0 Å². The third-order valence-corrected chi connectivity index (χ3v) is 6.92. The number of hydrogen-bond donors (Lipinski definition) is 0. The topological polar surface area (TPSA) is 9.86 Å². The van der Waals surface area contributed by atoms with Crippen LogP contribution in [-0.4, -0.2) is 9.13 Å². The van der Waals surface area contributed by atoms with Crippen molar-refractivity contribution >= 4 is 43.6 Å². The first-order valence-corrected chi connectivity index (χ1v) is 11.4. The van der Waals surface area contributed by atoms with Crippen molar-refractivity contribution in [3.63, 3.8) is 0 Å². The maximum atomic E-state index is 2.43. The lowest BCUT2D eigenvalue weighted by Crippen LogP contribution is -1.93. The van der Waals surface area contributed by atoms with E-state index >= 15 is 0 Å². The van der Waals surface area contributed by atoms with Crippen LogP contribution in [0.25, 0.3) is 60.4 Å². The van der Waals surface area contributed by atoms with Gasteiger partial charge in [0.1, 0.15) is 0 Å². The van der Waals surface area contributed by atoms with Crippen LogP contribution in [0.5, 0.6) is 0 Å². The third kappa shape index (κ3) is 2.55. The van der Waals surface area contributed by atoms with E-state index in [1.54, 1.807) is 0 Å². The first kappa shape index (κ1) is 18.3. The summed E-state index contributed by atoms with van der Waals surface area (Å²) in [6.07, 6.45) is 0. The monoisotopic (exact) mass is 422 g/mol. The van der Waals surface area contributed by atoms with Gasteiger partial charge in [-0.15, -0.1) is 0 Å². The number of nitrogens with zero attached hydrogens (tertiary/aromatic N) is 2. The minimum absolute atomic E-state index is 1.19. The normalized spacial score (nSPS) is 11.8. The Morgan fingerprint density at radius 2 is 1.18 bits per heavy atom. The summed E-state index contributed by atoms with van der Waals surface area (Å²) in [4.78, 5) is 0. The molecule has 0 aliphatic rings. The van der Waals surface area contributed by atoms with Crippen molar-refractivity contribution in [1.29, 1.82) is 0 Å². The van der Waals surface area contributed by atoms with Gasteiger partial charge < -0.3 is 9.13 Å². The highest BCUT2D eigenvalue weighted by molar-refractivity contribution is 6.26. The molecular weight excluding hydrogens is 400 g/mol. The standard InChI is InChI=1S/C31H22N2/c1-32-27-18-16-22(21-10-4-2-5-11-21)20-26(27)30-29(32)19-17-25-24-14-8-9-15-28(24)33(31(25)30)23-12-6-3-7-13-23/h2-20H,1H3. The van der Waals surface area contributed by atoms with Crippen molar-refractivity contribution in [2.75, 3.05) is 0 Å². The predicted molar refractivity (Wildman–Crippen MR) is 140 cm³/mol. The summed E-state index contributed by atoms with van der Waals surface area (Å²) in [5, 5.41) is 5.18.